The molecule has 5 heteroatoms. The molecule has 0 aliphatic carbocycles. The Morgan fingerprint density at radius 2 is 1.68 bits per heavy atom. The van der Waals surface area contributed by atoms with Gasteiger partial charge in [-0.25, -0.2) is 4.39 Å². The maximum Gasteiger partial charge on any atom is 0.339 e. The number of halogens is 1. The second-order valence-corrected chi connectivity index (χ2v) is 5.76. The highest BCUT2D eigenvalue weighted by Gasteiger charge is 2.18. The fourth-order valence-electron chi connectivity index (χ4n) is 1.59. The van der Waals surface area contributed by atoms with E-state index in [-0.39, 0.29) is 16.2 Å². The van der Waals surface area contributed by atoms with Crippen LogP contribution in [0.1, 0.15) is 11.1 Å². The van der Waals surface area contributed by atoms with Gasteiger partial charge in [0.15, 0.2) is 0 Å². The van der Waals surface area contributed by atoms with Gasteiger partial charge < -0.3 is 4.18 Å². The zero-order valence-corrected chi connectivity index (χ0v) is 11.4. The Labute approximate surface area is 111 Å². The van der Waals surface area contributed by atoms with Gasteiger partial charge in [0.1, 0.15) is 16.5 Å². The quantitative estimate of drug-likeness (QED) is 0.811. The van der Waals surface area contributed by atoms with E-state index in [1.54, 1.807) is 31.2 Å². The number of hydrogen-bond donors (Lipinski definition) is 0. The predicted octanol–water partition coefficient (Wildman–Crippen LogP) is 3.21. The van der Waals surface area contributed by atoms with Crippen LogP contribution in [0.5, 0.6) is 5.75 Å². The van der Waals surface area contributed by atoms with Crippen LogP contribution in [-0.2, 0) is 10.1 Å². The van der Waals surface area contributed by atoms with Gasteiger partial charge in [-0.1, -0.05) is 18.2 Å². The standard InChI is InChI=1S/C14H13FO3S/c1-10-5-3-4-6-14(10)18-19(16,17)12-7-8-13(15)11(2)9-12/h3-9H,1-2H3. The van der Waals surface area contributed by atoms with Crippen LogP contribution in [0.4, 0.5) is 4.39 Å². The van der Waals surface area contributed by atoms with Gasteiger partial charge >= 0.3 is 10.1 Å². The molecule has 0 saturated carbocycles. The SMILES string of the molecule is Cc1cc(S(=O)(=O)Oc2ccccc2C)ccc1F. The summed E-state index contributed by atoms with van der Waals surface area (Å²) in [6.07, 6.45) is 0. The zero-order valence-electron chi connectivity index (χ0n) is 10.6. The fourth-order valence-corrected chi connectivity index (χ4v) is 2.66. The Kier molecular flexibility index (Phi) is 3.57. The molecule has 0 heterocycles. The first-order valence-corrected chi connectivity index (χ1v) is 7.07. The molecule has 0 atom stereocenters. The maximum atomic E-state index is 13.1. The third kappa shape index (κ3) is 2.93. The molecular weight excluding hydrogens is 267 g/mol. The molecule has 0 aliphatic rings. The summed E-state index contributed by atoms with van der Waals surface area (Å²) in [6.45, 7) is 3.25. The van der Waals surface area contributed by atoms with Gasteiger partial charge in [0, 0.05) is 0 Å². The summed E-state index contributed by atoms with van der Waals surface area (Å²) in [5.74, 6) is -0.181. The summed E-state index contributed by atoms with van der Waals surface area (Å²) in [5.41, 5.74) is 0.972. The normalized spacial score (nSPS) is 11.3. The molecule has 19 heavy (non-hydrogen) atoms. The minimum atomic E-state index is -3.94. The minimum Gasteiger partial charge on any atom is -0.379 e. The first-order valence-electron chi connectivity index (χ1n) is 5.66. The van der Waals surface area contributed by atoms with Crippen molar-refractivity contribution in [1.82, 2.24) is 0 Å². The second kappa shape index (κ2) is 5.01. The largest absolute Gasteiger partial charge is 0.379 e. The molecular formula is C14H13FO3S. The summed E-state index contributed by atoms with van der Waals surface area (Å²) in [6, 6.07) is 10.4. The van der Waals surface area contributed by atoms with Crippen molar-refractivity contribution < 1.29 is 17.0 Å². The third-order valence-corrected chi connectivity index (χ3v) is 3.94. The lowest BCUT2D eigenvalue weighted by Crippen LogP contribution is -2.10. The topological polar surface area (TPSA) is 43.4 Å². The summed E-state index contributed by atoms with van der Waals surface area (Å²) < 4.78 is 42.4. The Morgan fingerprint density at radius 1 is 1.00 bits per heavy atom. The molecule has 0 radical (unpaired) electrons. The molecule has 0 unspecified atom stereocenters. The molecule has 0 N–H and O–H groups in total. The number of aryl methyl sites for hydroxylation is 2. The molecule has 0 aromatic heterocycles. The molecule has 2 aromatic carbocycles. The highest BCUT2D eigenvalue weighted by atomic mass is 32.2. The molecule has 2 aromatic rings. The molecule has 0 bridgehead atoms. The highest BCUT2D eigenvalue weighted by molar-refractivity contribution is 7.87. The molecule has 100 valence electrons. The summed E-state index contributed by atoms with van der Waals surface area (Å²) in [5, 5.41) is 0. The van der Waals surface area contributed by atoms with Crippen molar-refractivity contribution in [2.75, 3.05) is 0 Å². The van der Waals surface area contributed by atoms with Crippen molar-refractivity contribution >= 4 is 10.1 Å². The van der Waals surface area contributed by atoms with Gasteiger partial charge in [-0.2, -0.15) is 8.42 Å². The number of hydrogen-bond acceptors (Lipinski definition) is 3. The average Bonchev–Trinajstić information content (AvgIpc) is 2.35. The van der Waals surface area contributed by atoms with Crippen LogP contribution < -0.4 is 4.18 Å². The first kappa shape index (κ1) is 13.5. The van der Waals surface area contributed by atoms with Crippen LogP contribution >= 0.6 is 0 Å². The Balaban J connectivity index is 2.38. The van der Waals surface area contributed by atoms with E-state index in [0.29, 0.717) is 5.56 Å². The number of rotatable bonds is 3. The van der Waals surface area contributed by atoms with E-state index in [0.717, 1.165) is 6.07 Å². The van der Waals surface area contributed by atoms with Crippen LogP contribution in [0.15, 0.2) is 47.4 Å². The monoisotopic (exact) mass is 280 g/mol. The van der Waals surface area contributed by atoms with Crippen LogP contribution in [0.3, 0.4) is 0 Å². The van der Waals surface area contributed by atoms with E-state index in [9.17, 15) is 12.8 Å². The lowest BCUT2D eigenvalue weighted by molar-refractivity contribution is 0.484. The van der Waals surface area contributed by atoms with Crippen LogP contribution in [0, 0.1) is 19.7 Å². The van der Waals surface area contributed by atoms with E-state index in [1.807, 2.05) is 0 Å². The molecule has 0 saturated heterocycles. The highest BCUT2D eigenvalue weighted by Crippen LogP contribution is 2.23. The van der Waals surface area contributed by atoms with Crippen molar-refractivity contribution in [2.24, 2.45) is 0 Å². The van der Waals surface area contributed by atoms with Gasteiger partial charge in [-0.15, -0.1) is 0 Å². The van der Waals surface area contributed by atoms with Gasteiger partial charge in [0.2, 0.25) is 0 Å². The minimum absolute atomic E-state index is 0.0605. The second-order valence-electron chi connectivity index (χ2n) is 4.21. The van der Waals surface area contributed by atoms with E-state index in [2.05, 4.69) is 0 Å². The zero-order chi connectivity index (χ0) is 14.0. The van der Waals surface area contributed by atoms with Gasteiger partial charge in [-0.3, -0.25) is 0 Å². The van der Waals surface area contributed by atoms with Gasteiger partial charge in [-0.05, 0) is 49.2 Å². The lowest BCUT2D eigenvalue weighted by atomic mass is 10.2. The average molecular weight is 280 g/mol. The van der Waals surface area contributed by atoms with Gasteiger partial charge in [0.05, 0.1) is 0 Å². The van der Waals surface area contributed by atoms with E-state index < -0.39 is 15.9 Å². The molecule has 0 amide bonds. The van der Waals surface area contributed by atoms with E-state index >= 15 is 0 Å². The Bertz CT molecular complexity index is 708. The van der Waals surface area contributed by atoms with E-state index in [4.69, 9.17) is 4.18 Å². The van der Waals surface area contributed by atoms with Crippen LogP contribution in [0.25, 0.3) is 0 Å². The fraction of sp³-hybridized carbons (Fsp3) is 0.143. The molecule has 0 fully saturated rings. The smallest absolute Gasteiger partial charge is 0.339 e. The van der Waals surface area contributed by atoms with Crippen LogP contribution in [-0.4, -0.2) is 8.42 Å². The van der Waals surface area contributed by atoms with Crippen molar-refractivity contribution in [3.05, 3.63) is 59.4 Å². The van der Waals surface area contributed by atoms with E-state index in [1.165, 1.54) is 19.1 Å². The van der Waals surface area contributed by atoms with Crippen molar-refractivity contribution in [1.29, 1.82) is 0 Å². The van der Waals surface area contributed by atoms with Crippen molar-refractivity contribution in [2.45, 2.75) is 18.7 Å². The molecule has 0 aliphatic heterocycles. The van der Waals surface area contributed by atoms with Crippen molar-refractivity contribution in [3.63, 3.8) is 0 Å². The number of para-hydroxylation sites is 1. The maximum absolute atomic E-state index is 13.1. The van der Waals surface area contributed by atoms with Gasteiger partial charge in [0.25, 0.3) is 0 Å². The third-order valence-electron chi connectivity index (χ3n) is 2.71. The predicted molar refractivity (Wildman–Crippen MR) is 70.1 cm³/mol. The summed E-state index contributed by atoms with van der Waals surface area (Å²) in [7, 11) is -3.94. The molecule has 0 spiro atoms. The van der Waals surface area contributed by atoms with Crippen molar-refractivity contribution in [3.8, 4) is 5.75 Å². The summed E-state index contributed by atoms with van der Waals surface area (Å²) >= 11 is 0. The Hall–Kier alpha value is -1.88. The first-order chi connectivity index (χ1) is 8.90. The Morgan fingerprint density at radius 3 is 2.32 bits per heavy atom. The lowest BCUT2D eigenvalue weighted by Gasteiger charge is -2.09. The molecule has 3 nitrogen and oxygen atoms in total. The number of benzene rings is 2. The van der Waals surface area contributed by atoms with Crippen LogP contribution in [0.2, 0.25) is 0 Å². The molecule has 2 rings (SSSR count). The summed E-state index contributed by atoms with van der Waals surface area (Å²) in [4.78, 5) is -0.0605.